The van der Waals surface area contributed by atoms with E-state index >= 15 is 0 Å². The molecule has 1 aromatic carbocycles. The van der Waals surface area contributed by atoms with Crippen LogP contribution in [-0.4, -0.2) is 23.0 Å². The molecule has 0 saturated heterocycles. The van der Waals surface area contributed by atoms with Gasteiger partial charge in [-0.25, -0.2) is 4.21 Å². The fourth-order valence-electron chi connectivity index (χ4n) is 2.80. The van der Waals surface area contributed by atoms with Crippen LogP contribution in [-0.2, 0) is 22.0 Å². The fraction of sp³-hybridized carbons (Fsp3) is 0.400. The van der Waals surface area contributed by atoms with Crippen molar-refractivity contribution < 1.29 is 26.9 Å². The van der Waals surface area contributed by atoms with Crippen LogP contribution in [0.5, 0.6) is 5.75 Å². The maximum atomic E-state index is 12.7. The Hall–Kier alpha value is -1.83. The summed E-state index contributed by atoms with van der Waals surface area (Å²) in [7, 11) is -1.83. The number of amides is 1. The molecule has 2 aliphatic heterocycles. The average Bonchev–Trinajstić information content (AvgIpc) is 2.42. The lowest BCUT2D eigenvalue weighted by molar-refractivity contribution is -0.274. The molecule has 1 amide bonds. The molecule has 1 N–H and O–H groups in total. The van der Waals surface area contributed by atoms with Gasteiger partial charge in [-0.15, -0.1) is 13.2 Å². The van der Waals surface area contributed by atoms with Gasteiger partial charge >= 0.3 is 6.36 Å². The summed E-state index contributed by atoms with van der Waals surface area (Å²) < 4.78 is 53.6. The van der Waals surface area contributed by atoms with Crippen LogP contribution in [0.25, 0.3) is 0 Å². The fourth-order valence-corrected chi connectivity index (χ4v) is 4.43. The minimum absolute atomic E-state index is 0.151. The molecule has 0 spiro atoms. The van der Waals surface area contributed by atoms with E-state index in [-0.39, 0.29) is 15.2 Å². The first-order valence-corrected chi connectivity index (χ1v) is 8.06. The molecule has 0 radical (unpaired) electrons. The van der Waals surface area contributed by atoms with Gasteiger partial charge in [-0.1, -0.05) is 19.9 Å². The molecule has 8 heteroatoms. The van der Waals surface area contributed by atoms with Crippen LogP contribution in [0, 0.1) is 5.41 Å². The van der Waals surface area contributed by atoms with Gasteiger partial charge in [0.15, 0.2) is 0 Å². The van der Waals surface area contributed by atoms with E-state index < -0.39 is 28.8 Å². The quantitative estimate of drug-likeness (QED) is 0.851. The van der Waals surface area contributed by atoms with Gasteiger partial charge in [-0.05, 0) is 29.7 Å². The molecule has 0 aromatic heterocycles. The zero-order valence-electron chi connectivity index (χ0n) is 12.4. The number of rotatable bonds is 1. The van der Waals surface area contributed by atoms with Crippen LogP contribution in [0.2, 0.25) is 0 Å². The molecule has 4 nitrogen and oxygen atoms in total. The number of halogens is 3. The average molecular weight is 345 g/mol. The number of benzene rings is 1. The van der Waals surface area contributed by atoms with Crippen LogP contribution in [0.1, 0.15) is 19.4 Å². The summed E-state index contributed by atoms with van der Waals surface area (Å²) in [5.74, 6) is -0.866. The van der Waals surface area contributed by atoms with Gasteiger partial charge < -0.3 is 10.1 Å². The molecule has 2 heterocycles. The Balaban J connectivity index is 2.06. The zero-order chi connectivity index (χ0) is 17.0. The molecule has 1 aromatic rings. The van der Waals surface area contributed by atoms with Gasteiger partial charge in [0.2, 0.25) is 0 Å². The topological polar surface area (TPSA) is 55.4 Å². The highest BCUT2D eigenvalue weighted by Crippen LogP contribution is 2.42. The minimum Gasteiger partial charge on any atom is -0.406 e. The molecule has 1 unspecified atom stereocenters. The predicted molar refractivity (Wildman–Crippen MR) is 77.1 cm³/mol. The molecule has 2 aliphatic rings. The lowest BCUT2D eigenvalue weighted by Crippen LogP contribution is -2.45. The first-order valence-electron chi connectivity index (χ1n) is 6.91. The molecular weight excluding hydrogens is 331 g/mol. The molecule has 0 saturated carbocycles. The van der Waals surface area contributed by atoms with Gasteiger partial charge in [0.05, 0.1) is 15.7 Å². The molecule has 0 aliphatic carbocycles. The van der Waals surface area contributed by atoms with Gasteiger partial charge in [0.25, 0.3) is 5.91 Å². The summed E-state index contributed by atoms with van der Waals surface area (Å²) in [6.45, 7) is 4.31. The molecule has 124 valence electrons. The standard InChI is InChI=1S/C15H14F3NO3S/c1-14(2)7-19-13(20)12-10(14)5-8-3-4-9(22-15(16,17)18)6-11(8)23(12)21/h3-4,6H,5,7H2,1-2H3,(H,19,20). The summed E-state index contributed by atoms with van der Waals surface area (Å²) in [6, 6.07) is 3.77. The third-order valence-corrected chi connectivity index (χ3v) is 5.59. The lowest BCUT2D eigenvalue weighted by Gasteiger charge is -2.37. The Morgan fingerprint density at radius 1 is 1.30 bits per heavy atom. The minimum atomic E-state index is -4.82. The van der Waals surface area contributed by atoms with Gasteiger partial charge in [0, 0.05) is 12.0 Å². The number of carbonyl (C=O) groups is 1. The smallest absolute Gasteiger partial charge is 0.406 e. The first kappa shape index (κ1) is 16.0. The van der Waals surface area contributed by atoms with Crippen LogP contribution < -0.4 is 10.1 Å². The van der Waals surface area contributed by atoms with Crippen molar-refractivity contribution >= 4 is 16.7 Å². The summed E-state index contributed by atoms with van der Waals surface area (Å²) >= 11 is 0. The molecule has 23 heavy (non-hydrogen) atoms. The summed E-state index contributed by atoms with van der Waals surface area (Å²) in [6.07, 6.45) is -4.43. The van der Waals surface area contributed by atoms with Crippen LogP contribution in [0.4, 0.5) is 13.2 Å². The van der Waals surface area contributed by atoms with Gasteiger partial charge in [-0.3, -0.25) is 4.79 Å². The van der Waals surface area contributed by atoms with Crippen molar-refractivity contribution in [1.29, 1.82) is 0 Å². The van der Waals surface area contributed by atoms with Crippen molar-refractivity contribution in [3.63, 3.8) is 0 Å². The van der Waals surface area contributed by atoms with Crippen molar-refractivity contribution in [2.75, 3.05) is 6.54 Å². The number of hydrogen-bond acceptors (Lipinski definition) is 3. The molecule has 0 bridgehead atoms. The van der Waals surface area contributed by atoms with E-state index in [9.17, 15) is 22.2 Å². The van der Waals surface area contributed by atoms with E-state index in [1.54, 1.807) is 0 Å². The predicted octanol–water partition coefficient (Wildman–Crippen LogP) is 2.66. The van der Waals surface area contributed by atoms with Crippen molar-refractivity contribution in [1.82, 2.24) is 5.32 Å². The van der Waals surface area contributed by atoms with E-state index in [1.165, 1.54) is 12.1 Å². The molecule has 0 fully saturated rings. The van der Waals surface area contributed by atoms with Crippen LogP contribution >= 0.6 is 0 Å². The monoisotopic (exact) mass is 345 g/mol. The number of hydrogen-bond donors (Lipinski definition) is 1. The Kier molecular flexibility index (Phi) is 3.55. The zero-order valence-corrected chi connectivity index (χ0v) is 13.2. The lowest BCUT2D eigenvalue weighted by atomic mass is 9.78. The van der Waals surface area contributed by atoms with Crippen molar-refractivity contribution in [2.24, 2.45) is 5.41 Å². The highest BCUT2D eigenvalue weighted by atomic mass is 32.2. The Bertz CT molecular complexity index is 753. The van der Waals surface area contributed by atoms with E-state index in [1.807, 2.05) is 13.8 Å². The Morgan fingerprint density at radius 2 is 2.00 bits per heavy atom. The Labute approximate surface area is 133 Å². The second kappa shape index (κ2) is 5.09. The third kappa shape index (κ3) is 2.87. The second-order valence-corrected chi connectivity index (χ2v) is 7.52. The SMILES string of the molecule is CC1(C)CNC(=O)C2=C1Cc1ccc(OC(F)(F)F)cc1S2=O. The van der Waals surface area contributed by atoms with Crippen molar-refractivity contribution in [3.05, 3.63) is 34.2 Å². The number of carbonyl (C=O) groups excluding carboxylic acids is 1. The molecule has 3 rings (SSSR count). The molecular formula is C15H14F3NO3S. The maximum Gasteiger partial charge on any atom is 0.573 e. The van der Waals surface area contributed by atoms with Crippen molar-refractivity contribution in [2.45, 2.75) is 31.5 Å². The van der Waals surface area contributed by atoms with Gasteiger partial charge in [-0.2, -0.15) is 0 Å². The van der Waals surface area contributed by atoms with Gasteiger partial charge in [0.1, 0.15) is 10.7 Å². The maximum absolute atomic E-state index is 12.7. The van der Waals surface area contributed by atoms with Crippen LogP contribution in [0.15, 0.2) is 33.6 Å². The summed E-state index contributed by atoms with van der Waals surface area (Å²) in [5, 5.41) is 2.68. The summed E-state index contributed by atoms with van der Waals surface area (Å²) in [4.78, 5) is 12.4. The first-order chi connectivity index (χ1) is 10.6. The van der Waals surface area contributed by atoms with E-state index in [0.717, 1.165) is 11.6 Å². The largest absolute Gasteiger partial charge is 0.573 e. The van der Waals surface area contributed by atoms with E-state index in [4.69, 9.17) is 0 Å². The highest BCUT2D eigenvalue weighted by molar-refractivity contribution is 7.90. The highest BCUT2D eigenvalue weighted by Gasteiger charge is 2.41. The second-order valence-electron chi connectivity index (χ2n) is 6.14. The van der Waals surface area contributed by atoms with E-state index in [2.05, 4.69) is 10.1 Å². The van der Waals surface area contributed by atoms with E-state index in [0.29, 0.717) is 18.5 Å². The molecule has 1 atom stereocenters. The summed E-state index contributed by atoms with van der Waals surface area (Å²) in [5.41, 5.74) is 1.08. The number of fused-ring (bicyclic) bond motifs is 1. The van der Waals surface area contributed by atoms with Crippen molar-refractivity contribution in [3.8, 4) is 5.75 Å². The Morgan fingerprint density at radius 3 is 2.65 bits per heavy atom. The normalized spacial score (nSPS) is 23.0. The third-order valence-electron chi connectivity index (χ3n) is 4.01. The number of alkyl halides is 3. The number of ether oxygens (including phenoxy) is 1. The van der Waals surface area contributed by atoms with Crippen LogP contribution in [0.3, 0.4) is 0 Å². The number of nitrogens with one attached hydrogen (secondary N) is 1.